The Bertz CT molecular complexity index is 1010. The van der Waals surface area contributed by atoms with Crippen LogP contribution < -0.4 is 4.90 Å². The van der Waals surface area contributed by atoms with E-state index in [2.05, 4.69) is 57.4 Å². The largest absolute Gasteiger partial charge is 0.369 e. The number of benzene rings is 1. The second-order valence-corrected chi connectivity index (χ2v) is 7.98. The van der Waals surface area contributed by atoms with E-state index in [1.807, 2.05) is 6.07 Å². The van der Waals surface area contributed by atoms with E-state index in [4.69, 9.17) is 14.7 Å². The van der Waals surface area contributed by atoms with Gasteiger partial charge >= 0.3 is 0 Å². The first-order valence-corrected chi connectivity index (χ1v) is 10.4. The van der Waals surface area contributed by atoms with E-state index < -0.39 is 0 Å². The predicted molar refractivity (Wildman–Crippen MR) is 108 cm³/mol. The van der Waals surface area contributed by atoms with Gasteiger partial charge in [0.1, 0.15) is 11.9 Å². The van der Waals surface area contributed by atoms with Crippen molar-refractivity contribution < 1.29 is 4.74 Å². The van der Waals surface area contributed by atoms with E-state index in [1.165, 1.54) is 4.88 Å². The minimum atomic E-state index is 0.0991. The third kappa shape index (κ3) is 2.90. The highest BCUT2D eigenvalue weighted by atomic mass is 32.1. The lowest BCUT2D eigenvalue weighted by atomic mass is 10.1. The summed E-state index contributed by atoms with van der Waals surface area (Å²) in [6.45, 7) is 2.35. The predicted octanol–water partition coefficient (Wildman–Crippen LogP) is 5.00. The number of thiophene rings is 2. The first-order chi connectivity index (χ1) is 12.9. The Hall–Kier alpha value is -2.28. The van der Waals surface area contributed by atoms with E-state index in [1.54, 1.807) is 22.7 Å². The number of ether oxygens (including phenoxy) is 1. The van der Waals surface area contributed by atoms with Crippen molar-refractivity contribution >= 4 is 39.4 Å². The quantitative estimate of drug-likeness (QED) is 0.502. The Kier molecular flexibility index (Phi) is 4.16. The van der Waals surface area contributed by atoms with Crippen LogP contribution in [0, 0.1) is 0 Å². The van der Waals surface area contributed by atoms with Crippen molar-refractivity contribution in [3.05, 3.63) is 63.5 Å². The van der Waals surface area contributed by atoms with Gasteiger partial charge in [-0.3, -0.25) is 0 Å². The molecule has 1 aliphatic rings. The third-order valence-electron chi connectivity index (χ3n) is 4.59. The fourth-order valence-corrected chi connectivity index (χ4v) is 4.71. The average Bonchev–Trinajstić information content (AvgIpc) is 3.41. The molecule has 0 radical (unpaired) electrons. The van der Waals surface area contributed by atoms with Crippen molar-refractivity contribution in [1.82, 2.24) is 9.97 Å². The number of rotatable bonds is 3. The number of nitrogens with zero attached hydrogens (tertiary/aromatic N) is 3. The van der Waals surface area contributed by atoms with Crippen molar-refractivity contribution in [1.29, 1.82) is 0 Å². The molecule has 5 rings (SSSR count). The van der Waals surface area contributed by atoms with Crippen LogP contribution in [0.25, 0.3) is 22.3 Å². The molecule has 26 heavy (non-hydrogen) atoms. The lowest BCUT2D eigenvalue weighted by molar-refractivity contribution is 0.0419. The van der Waals surface area contributed by atoms with E-state index >= 15 is 0 Å². The van der Waals surface area contributed by atoms with E-state index in [9.17, 15) is 0 Å². The topological polar surface area (TPSA) is 38.2 Å². The lowest BCUT2D eigenvalue weighted by Gasteiger charge is -2.34. The van der Waals surface area contributed by atoms with Gasteiger partial charge in [0.2, 0.25) is 0 Å². The van der Waals surface area contributed by atoms with Crippen LogP contribution >= 0.6 is 22.7 Å². The smallest absolute Gasteiger partial charge is 0.162 e. The molecule has 0 aliphatic carbocycles. The number of para-hydroxylation sites is 1. The highest BCUT2D eigenvalue weighted by molar-refractivity contribution is 7.10. The zero-order chi connectivity index (χ0) is 17.3. The van der Waals surface area contributed by atoms with Gasteiger partial charge in [0.25, 0.3) is 0 Å². The summed E-state index contributed by atoms with van der Waals surface area (Å²) >= 11 is 3.42. The first kappa shape index (κ1) is 15.9. The molecular weight excluding hydrogens is 362 g/mol. The number of hydrogen-bond acceptors (Lipinski definition) is 6. The minimum absolute atomic E-state index is 0.0991. The molecule has 1 atom stereocenters. The fraction of sp³-hybridized carbons (Fsp3) is 0.200. The molecular formula is C20H17N3OS2. The van der Waals surface area contributed by atoms with Crippen molar-refractivity contribution in [3.63, 3.8) is 0 Å². The summed E-state index contributed by atoms with van der Waals surface area (Å²) in [5, 5.41) is 7.36. The van der Waals surface area contributed by atoms with Crippen LogP contribution in [0.4, 0.5) is 5.82 Å². The molecule has 0 saturated carbocycles. The zero-order valence-corrected chi connectivity index (χ0v) is 15.7. The molecule has 130 valence electrons. The molecule has 1 aromatic carbocycles. The summed E-state index contributed by atoms with van der Waals surface area (Å²) in [6, 6.07) is 14.6. The third-order valence-corrected chi connectivity index (χ3v) is 6.24. The maximum absolute atomic E-state index is 6.02. The highest BCUT2D eigenvalue weighted by Crippen LogP contribution is 2.33. The molecule has 0 N–H and O–H groups in total. The maximum Gasteiger partial charge on any atom is 0.162 e. The van der Waals surface area contributed by atoms with Gasteiger partial charge in [0.15, 0.2) is 5.82 Å². The number of aromatic nitrogens is 2. The number of morpholine rings is 1. The second kappa shape index (κ2) is 6.79. The molecule has 1 saturated heterocycles. The fourth-order valence-electron chi connectivity index (χ4n) is 3.31. The van der Waals surface area contributed by atoms with Crippen LogP contribution in [0.2, 0.25) is 0 Å². The standard InChI is InChI=1S/C20H17N3OS2/c1-2-5-16-15(4-1)20(22-19(21-16)14-7-11-25-13-14)23-8-9-24-17(12-23)18-6-3-10-26-18/h1-7,10-11,13,17H,8-9,12H2. The zero-order valence-electron chi connectivity index (χ0n) is 14.0. The van der Waals surface area contributed by atoms with Gasteiger partial charge < -0.3 is 9.64 Å². The van der Waals surface area contributed by atoms with Crippen LogP contribution in [0.1, 0.15) is 11.0 Å². The van der Waals surface area contributed by atoms with Gasteiger partial charge in [-0.25, -0.2) is 9.97 Å². The van der Waals surface area contributed by atoms with Gasteiger partial charge in [0.05, 0.1) is 18.7 Å². The van der Waals surface area contributed by atoms with Gasteiger partial charge in [-0.2, -0.15) is 11.3 Å². The molecule has 0 amide bonds. The Labute approximate surface area is 159 Å². The van der Waals surface area contributed by atoms with Gasteiger partial charge in [-0.1, -0.05) is 18.2 Å². The van der Waals surface area contributed by atoms with Gasteiger partial charge in [-0.05, 0) is 35.0 Å². The Balaban J connectivity index is 1.59. The summed E-state index contributed by atoms with van der Waals surface area (Å²) < 4.78 is 6.02. The van der Waals surface area contributed by atoms with Crippen LogP contribution in [0.3, 0.4) is 0 Å². The minimum Gasteiger partial charge on any atom is -0.369 e. The normalized spacial score (nSPS) is 17.7. The molecule has 1 aliphatic heterocycles. The maximum atomic E-state index is 6.02. The Morgan fingerprint density at radius 2 is 2.00 bits per heavy atom. The average molecular weight is 380 g/mol. The van der Waals surface area contributed by atoms with Crippen molar-refractivity contribution in [2.24, 2.45) is 0 Å². The molecule has 3 aromatic heterocycles. The number of anilines is 1. The molecule has 6 heteroatoms. The SMILES string of the molecule is c1csc(C2CN(c3nc(-c4ccsc4)nc4ccccc34)CCO2)c1. The Morgan fingerprint density at radius 3 is 2.85 bits per heavy atom. The van der Waals surface area contributed by atoms with Crippen LogP contribution in [-0.4, -0.2) is 29.7 Å². The van der Waals surface area contributed by atoms with Gasteiger partial charge in [0, 0.05) is 27.8 Å². The molecule has 4 nitrogen and oxygen atoms in total. The molecule has 0 spiro atoms. The summed E-state index contributed by atoms with van der Waals surface area (Å²) in [4.78, 5) is 13.3. The van der Waals surface area contributed by atoms with Gasteiger partial charge in [-0.15, -0.1) is 11.3 Å². The lowest BCUT2D eigenvalue weighted by Crippen LogP contribution is -2.38. The van der Waals surface area contributed by atoms with Crippen LogP contribution in [0.15, 0.2) is 58.6 Å². The summed E-state index contributed by atoms with van der Waals surface area (Å²) in [6.07, 6.45) is 0.0991. The summed E-state index contributed by atoms with van der Waals surface area (Å²) in [5.41, 5.74) is 2.06. The Morgan fingerprint density at radius 1 is 1.04 bits per heavy atom. The van der Waals surface area contributed by atoms with Crippen molar-refractivity contribution in [2.75, 3.05) is 24.6 Å². The van der Waals surface area contributed by atoms with E-state index in [0.29, 0.717) is 6.61 Å². The summed E-state index contributed by atoms with van der Waals surface area (Å²) in [7, 11) is 0. The molecule has 4 heterocycles. The first-order valence-electron chi connectivity index (χ1n) is 8.58. The highest BCUT2D eigenvalue weighted by Gasteiger charge is 2.25. The molecule has 1 unspecified atom stereocenters. The van der Waals surface area contributed by atoms with Crippen LogP contribution in [-0.2, 0) is 4.74 Å². The molecule has 4 aromatic rings. The van der Waals surface area contributed by atoms with Crippen molar-refractivity contribution in [3.8, 4) is 11.4 Å². The van der Waals surface area contributed by atoms with E-state index in [-0.39, 0.29) is 6.10 Å². The summed E-state index contributed by atoms with van der Waals surface area (Å²) in [5.74, 6) is 1.79. The number of hydrogen-bond donors (Lipinski definition) is 0. The van der Waals surface area contributed by atoms with Crippen molar-refractivity contribution in [2.45, 2.75) is 6.10 Å². The van der Waals surface area contributed by atoms with Crippen LogP contribution in [0.5, 0.6) is 0 Å². The van der Waals surface area contributed by atoms with E-state index in [0.717, 1.165) is 41.2 Å². The number of fused-ring (bicyclic) bond motifs is 1. The second-order valence-electron chi connectivity index (χ2n) is 6.22. The molecule has 0 bridgehead atoms. The molecule has 1 fully saturated rings. The monoisotopic (exact) mass is 379 g/mol.